The Morgan fingerprint density at radius 2 is 2.18 bits per heavy atom. The van der Waals surface area contributed by atoms with Crippen molar-refractivity contribution >= 4 is 21.6 Å². The number of aliphatic hydroxyl groups is 1. The molecule has 1 atom stereocenters. The molecule has 1 aromatic rings. The van der Waals surface area contributed by atoms with E-state index in [-0.39, 0.29) is 6.61 Å². The van der Waals surface area contributed by atoms with Gasteiger partial charge in [0.2, 0.25) is 0 Å². The first kappa shape index (κ1) is 12.9. The predicted molar refractivity (Wildman–Crippen MR) is 74.4 cm³/mol. The quantitative estimate of drug-likeness (QED) is 0.906. The molecule has 1 N–H and O–H groups in total. The predicted octanol–water partition coefficient (Wildman–Crippen LogP) is 2.08. The van der Waals surface area contributed by atoms with Crippen molar-refractivity contribution in [3.63, 3.8) is 0 Å². The maximum absolute atomic E-state index is 9.43. The second-order valence-corrected chi connectivity index (χ2v) is 5.65. The lowest BCUT2D eigenvalue weighted by Gasteiger charge is -2.40. The summed E-state index contributed by atoms with van der Waals surface area (Å²) in [5.41, 5.74) is 2.16. The van der Waals surface area contributed by atoms with E-state index in [1.54, 1.807) is 0 Å². The van der Waals surface area contributed by atoms with Gasteiger partial charge in [-0.15, -0.1) is 0 Å². The Labute approximate surface area is 111 Å². The van der Waals surface area contributed by atoms with Crippen molar-refractivity contribution in [1.29, 1.82) is 0 Å². The number of anilines is 1. The Morgan fingerprint density at radius 1 is 1.41 bits per heavy atom. The SMILES string of the molecule is CC1CN(C)CCN1c1cc(Br)ccc1CO. The summed E-state index contributed by atoms with van der Waals surface area (Å²) in [4.78, 5) is 4.73. The summed E-state index contributed by atoms with van der Waals surface area (Å²) in [6.07, 6.45) is 0. The highest BCUT2D eigenvalue weighted by molar-refractivity contribution is 9.10. The van der Waals surface area contributed by atoms with E-state index in [2.05, 4.69) is 45.8 Å². The summed E-state index contributed by atoms with van der Waals surface area (Å²) in [7, 11) is 2.15. The Balaban J connectivity index is 2.29. The Morgan fingerprint density at radius 3 is 2.82 bits per heavy atom. The van der Waals surface area contributed by atoms with Crippen LogP contribution in [0.3, 0.4) is 0 Å². The Kier molecular flexibility index (Phi) is 4.07. The van der Waals surface area contributed by atoms with Gasteiger partial charge in [-0.1, -0.05) is 22.0 Å². The molecular weight excluding hydrogens is 280 g/mol. The Hall–Kier alpha value is -0.580. The van der Waals surface area contributed by atoms with Crippen LogP contribution in [0.2, 0.25) is 0 Å². The molecule has 3 nitrogen and oxygen atoms in total. The molecule has 17 heavy (non-hydrogen) atoms. The number of rotatable bonds is 2. The molecule has 94 valence electrons. The molecule has 1 heterocycles. The van der Waals surface area contributed by atoms with E-state index >= 15 is 0 Å². The fourth-order valence-corrected chi connectivity index (χ4v) is 2.78. The molecule has 2 rings (SSSR count). The van der Waals surface area contributed by atoms with Gasteiger partial charge in [0.1, 0.15) is 0 Å². The van der Waals surface area contributed by atoms with Crippen LogP contribution in [-0.4, -0.2) is 42.7 Å². The lowest BCUT2D eigenvalue weighted by molar-refractivity contribution is 0.269. The average molecular weight is 299 g/mol. The zero-order valence-electron chi connectivity index (χ0n) is 10.4. The van der Waals surface area contributed by atoms with Gasteiger partial charge in [-0.2, -0.15) is 0 Å². The first-order valence-electron chi connectivity index (χ1n) is 5.96. The molecule has 4 heteroatoms. The molecule has 1 aliphatic heterocycles. The fourth-order valence-electron chi connectivity index (χ4n) is 2.44. The first-order valence-corrected chi connectivity index (χ1v) is 6.75. The molecule has 1 fully saturated rings. The van der Waals surface area contributed by atoms with E-state index in [0.717, 1.165) is 35.4 Å². The highest BCUT2D eigenvalue weighted by Crippen LogP contribution is 2.28. The number of likely N-dealkylation sites (N-methyl/N-ethyl adjacent to an activating group) is 1. The fraction of sp³-hybridized carbons (Fsp3) is 0.538. The Bertz CT molecular complexity index is 397. The zero-order chi connectivity index (χ0) is 12.4. The molecule has 0 aromatic heterocycles. The molecule has 0 aliphatic carbocycles. The summed E-state index contributed by atoms with van der Waals surface area (Å²) in [6, 6.07) is 6.56. The van der Waals surface area contributed by atoms with Crippen molar-refractivity contribution in [3.8, 4) is 0 Å². The number of piperazine rings is 1. The molecule has 1 unspecified atom stereocenters. The standard InChI is InChI=1S/C13H19BrN2O/c1-10-8-15(2)5-6-16(10)13-7-12(14)4-3-11(13)9-17/h3-4,7,10,17H,5-6,8-9H2,1-2H3. The van der Waals surface area contributed by atoms with Crippen LogP contribution in [-0.2, 0) is 6.61 Å². The largest absolute Gasteiger partial charge is 0.392 e. The summed E-state index contributed by atoms with van der Waals surface area (Å²) < 4.78 is 1.07. The topological polar surface area (TPSA) is 26.7 Å². The van der Waals surface area contributed by atoms with Crippen LogP contribution in [0.25, 0.3) is 0 Å². The van der Waals surface area contributed by atoms with Gasteiger partial charge < -0.3 is 14.9 Å². The van der Waals surface area contributed by atoms with Gasteiger partial charge in [0.15, 0.2) is 0 Å². The number of hydrogen-bond donors (Lipinski definition) is 1. The van der Waals surface area contributed by atoms with Crippen LogP contribution in [0.1, 0.15) is 12.5 Å². The van der Waals surface area contributed by atoms with Crippen LogP contribution < -0.4 is 4.90 Å². The van der Waals surface area contributed by atoms with E-state index in [1.165, 1.54) is 0 Å². The third kappa shape index (κ3) is 2.81. The summed E-state index contributed by atoms with van der Waals surface area (Å²) in [5.74, 6) is 0. The highest BCUT2D eigenvalue weighted by Gasteiger charge is 2.23. The van der Waals surface area contributed by atoms with E-state index in [1.807, 2.05) is 12.1 Å². The smallest absolute Gasteiger partial charge is 0.0702 e. The monoisotopic (exact) mass is 298 g/mol. The molecule has 1 aromatic carbocycles. The average Bonchev–Trinajstić information content (AvgIpc) is 2.29. The van der Waals surface area contributed by atoms with Crippen molar-refractivity contribution in [3.05, 3.63) is 28.2 Å². The molecule has 0 radical (unpaired) electrons. The number of aliphatic hydroxyl groups excluding tert-OH is 1. The van der Waals surface area contributed by atoms with Gasteiger partial charge in [0.25, 0.3) is 0 Å². The molecular formula is C13H19BrN2O. The second-order valence-electron chi connectivity index (χ2n) is 4.74. The van der Waals surface area contributed by atoms with Gasteiger partial charge in [0, 0.05) is 41.4 Å². The molecule has 0 bridgehead atoms. The van der Waals surface area contributed by atoms with Crippen LogP contribution in [0.5, 0.6) is 0 Å². The number of halogens is 1. The summed E-state index contributed by atoms with van der Waals surface area (Å²) in [6.45, 7) is 5.49. The van der Waals surface area contributed by atoms with Crippen molar-refractivity contribution in [2.24, 2.45) is 0 Å². The van der Waals surface area contributed by atoms with Gasteiger partial charge >= 0.3 is 0 Å². The molecule has 1 saturated heterocycles. The maximum atomic E-state index is 9.43. The molecule has 0 spiro atoms. The van der Waals surface area contributed by atoms with Crippen LogP contribution in [0, 0.1) is 0 Å². The van der Waals surface area contributed by atoms with E-state index in [4.69, 9.17) is 0 Å². The first-order chi connectivity index (χ1) is 8.11. The normalized spacial score (nSPS) is 21.9. The van der Waals surface area contributed by atoms with Crippen molar-refractivity contribution in [1.82, 2.24) is 4.90 Å². The van der Waals surface area contributed by atoms with Crippen LogP contribution in [0.4, 0.5) is 5.69 Å². The lowest BCUT2D eigenvalue weighted by atomic mass is 10.1. The van der Waals surface area contributed by atoms with Crippen LogP contribution in [0.15, 0.2) is 22.7 Å². The number of nitrogens with zero attached hydrogens (tertiary/aromatic N) is 2. The third-order valence-electron chi connectivity index (χ3n) is 3.36. The van der Waals surface area contributed by atoms with Gasteiger partial charge in [-0.25, -0.2) is 0 Å². The minimum Gasteiger partial charge on any atom is -0.392 e. The van der Waals surface area contributed by atoms with Crippen molar-refractivity contribution < 1.29 is 5.11 Å². The van der Waals surface area contributed by atoms with Gasteiger partial charge in [0.05, 0.1) is 6.61 Å². The number of hydrogen-bond acceptors (Lipinski definition) is 3. The van der Waals surface area contributed by atoms with E-state index in [0.29, 0.717) is 6.04 Å². The minimum atomic E-state index is 0.0989. The van der Waals surface area contributed by atoms with E-state index in [9.17, 15) is 5.11 Å². The molecule has 1 aliphatic rings. The highest BCUT2D eigenvalue weighted by atomic mass is 79.9. The lowest BCUT2D eigenvalue weighted by Crippen LogP contribution is -2.50. The van der Waals surface area contributed by atoms with Crippen molar-refractivity contribution in [2.45, 2.75) is 19.6 Å². The van der Waals surface area contributed by atoms with Crippen molar-refractivity contribution in [2.75, 3.05) is 31.6 Å². The number of benzene rings is 1. The summed E-state index contributed by atoms with van der Waals surface area (Å²) in [5, 5.41) is 9.43. The minimum absolute atomic E-state index is 0.0989. The summed E-state index contributed by atoms with van der Waals surface area (Å²) >= 11 is 3.51. The maximum Gasteiger partial charge on any atom is 0.0702 e. The third-order valence-corrected chi connectivity index (χ3v) is 3.85. The van der Waals surface area contributed by atoms with Gasteiger partial charge in [-0.05, 0) is 26.1 Å². The molecule has 0 amide bonds. The van der Waals surface area contributed by atoms with Crippen LogP contribution >= 0.6 is 15.9 Å². The zero-order valence-corrected chi connectivity index (χ0v) is 11.9. The van der Waals surface area contributed by atoms with Gasteiger partial charge in [-0.3, -0.25) is 0 Å². The second kappa shape index (κ2) is 5.38. The van der Waals surface area contributed by atoms with E-state index < -0.39 is 0 Å². The molecule has 0 saturated carbocycles.